The topological polar surface area (TPSA) is 31.4 Å². The Balaban J connectivity index is 1.98. The zero-order chi connectivity index (χ0) is 29.5. The SMILES string of the molecule is CCCCCCCC/C=C\c1c(C)nc(CCCOCc2ccc(OC)cc2)c(/C=C\CCCCCCCC)c1C. The molecule has 0 saturated heterocycles. The summed E-state index contributed by atoms with van der Waals surface area (Å²) in [7, 11) is 1.69. The van der Waals surface area contributed by atoms with E-state index in [0.29, 0.717) is 6.61 Å². The molecule has 0 amide bonds. The maximum absolute atomic E-state index is 6.00. The first-order valence-corrected chi connectivity index (χ1v) is 16.6. The highest BCUT2D eigenvalue weighted by Gasteiger charge is 2.12. The number of rotatable bonds is 23. The number of methoxy groups -OCH3 is 1. The summed E-state index contributed by atoms with van der Waals surface area (Å²) in [5.74, 6) is 0.878. The Bertz CT molecular complexity index is 1010. The van der Waals surface area contributed by atoms with Crippen molar-refractivity contribution in [3.63, 3.8) is 0 Å². The molecule has 1 aromatic heterocycles. The Morgan fingerprint density at radius 1 is 0.683 bits per heavy atom. The molecule has 41 heavy (non-hydrogen) atoms. The molecule has 0 saturated carbocycles. The van der Waals surface area contributed by atoms with E-state index < -0.39 is 0 Å². The molecule has 0 spiro atoms. The van der Waals surface area contributed by atoms with Crippen LogP contribution in [0.25, 0.3) is 12.2 Å². The van der Waals surface area contributed by atoms with Gasteiger partial charge < -0.3 is 9.47 Å². The highest BCUT2D eigenvalue weighted by atomic mass is 16.5. The lowest BCUT2D eigenvalue weighted by molar-refractivity contribution is 0.118. The zero-order valence-corrected chi connectivity index (χ0v) is 27.1. The van der Waals surface area contributed by atoms with Gasteiger partial charge in [0.1, 0.15) is 5.75 Å². The molecule has 0 fully saturated rings. The number of hydrogen-bond acceptors (Lipinski definition) is 3. The van der Waals surface area contributed by atoms with Crippen LogP contribution < -0.4 is 4.74 Å². The monoisotopic (exact) mass is 561 g/mol. The summed E-state index contributed by atoms with van der Waals surface area (Å²) < 4.78 is 11.3. The second-order valence-electron chi connectivity index (χ2n) is 11.5. The molecule has 0 aliphatic carbocycles. The van der Waals surface area contributed by atoms with E-state index in [-0.39, 0.29) is 0 Å². The normalized spacial score (nSPS) is 11.7. The molecule has 228 valence electrons. The summed E-state index contributed by atoms with van der Waals surface area (Å²) in [5, 5.41) is 0. The van der Waals surface area contributed by atoms with E-state index in [9.17, 15) is 0 Å². The number of aryl methyl sites for hydroxylation is 2. The van der Waals surface area contributed by atoms with Gasteiger partial charge in [0, 0.05) is 18.0 Å². The van der Waals surface area contributed by atoms with E-state index in [4.69, 9.17) is 14.5 Å². The molecule has 0 radical (unpaired) electrons. The minimum absolute atomic E-state index is 0.628. The van der Waals surface area contributed by atoms with Crippen molar-refractivity contribution in [1.29, 1.82) is 0 Å². The Labute approximate surface area is 252 Å². The van der Waals surface area contributed by atoms with Crippen LogP contribution in [0, 0.1) is 13.8 Å². The van der Waals surface area contributed by atoms with Crippen molar-refractivity contribution >= 4 is 12.2 Å². The smallest absolute Gasteiger partial charge is 0.118 e. The van der Waals surface area contributed by atoms with E-state index >= 15 is 0 Å². The lowest BCUT2D eigenvalue weighted by Gasteiger charge is -2.15. The molecule has 1 aromatic carbocycles. The van der Waals surface area contributed by atoms with Crippen LogP contribution in [-0.2, 0) is 17.8 Å². The molecule has 3 heteroatoms. The van der Waals surface area contributed by atoms with Crippen LogP contribution in [-0.4, -0.2) is 18.7 Å². The summed E-state index contributed by atoms with van der Waals surface area (Å²) in [6.45, 7) is 10.4. The van der Waals surface area contributed by atoms with Gasteiger partial charge >= 0.3 is 0 Å². The van der Waals surface area contributed by atoms with Crippen molar-refractivity contribution in [2.75, 3.05) is 13.7 Å². The third-order valence-electron chi connectivity index (χ3n) is 7.96. The number of benzene rings is 1. The van der Waals surface area contributed by atoms with Gasteiger partial charge in [-0.1, -0.05) is 114 Å². The van der Waals surface area contributed by atoms with Crippen LogP contribution in [0.4, 0.5) is 0 Å². The van der Waals surface area contributed by atoms with Crippen molar-refractivity contribution in [3.8, 4) is 5.75 Å². The summed E-state index contributed by atoms with van der Waals surface area (Å²) in [6.07, 6.45) is 29.7. The van der Waals surface area contributed by atoms with Gasteiger partial charge in [-0.05, 0) is 86.8 Å². The van der Waals surface area contributed by atoms with Gasteiger partial charge in [-0.15, -0.1) is 0 Å². The minimum Gasteiger partial charge on any atom is -0.497 e. The molecule has 2 rings (SSSR count). The van der Waals surface area contributed by atoms with Crippen molar-refractivity contribution < 1.29 is 9.47 Å². The third-order valence-corrected chi connectivity index (χ3v) is 7.96. The molecule has 0 bridgehead atoms. The molecule has 3 nitrogen and oxygen atoms in total. The second kappa shape index (κ2) is 22.2. The maximum atomic E-state index is 6.00. The van der Waals surface area contributed by atoms with Crippen LogP contribution in [0.3, 0.4) is 0 Å². The second-order valence-corrected chi connectivity index (χ2v) is 11.5. The molecule has 0 atom stereocenters. The number of hydrogen-bond donors (Lipinski definition) is 0. The number of allylic oxidation sites excluding steroid dienone is 2. The fraction of sp³-hybridized carbons (Fsp3) is 0.605. The highest BCUT2D eigenvalue weighted by molar-refractivity contribution is 5.66. The number of aromatic nitrogens is 1. The van der Waals surface area contributed by atoms with Gasteiger partial charge in [0.2, 0.25) is 0 Å². The Hall–Kier alpha value is -2.39. The summed E-state index contributed by atoms with van der Waals surface area (Å²) in [5.41, 5.74) is 7.51. The Morgan fingerprint density at radius 3 is 1.83 bits per heavy atom. The minimum atomic E-state index is 0.628. The van der Waals surface area contributed by atoms with Crippen LogP contribution >= 0.6 is 0 Å². The first-order valence-electron chi connectivity index (χ1n) is 16.6. The molecule has 0 aliphatic heterocycles. The van der Waals surface area contributed by atoms with E-state index in [0.717, 1.165) is 43.7 Å². The summed E-state index contributed by atoms with van der Waals surface area (Å²) in [6, 6.07) is 8.11. The molecular formula is C38H59NO2. The predicted molar refractivity (Wildman–Crippen MR) is 179 cm³/mol. The highest BCUT2D eigenvalue weighted by Crippen LogP contribution is 2.25. The molecule has 0 unspecified atom stereocenters. The molecule has 1 heterocycles. The molecule has 0 aliphatic rings. The first-order chi connectivity index (χ1) is 20.1. The lowest BCUT2D eigenvalue weighted by Crippen LogP contribution is -2.05. The van der Waals surface area contributed by atoms with E-state index in [1.165, 1.54) is 105 Å². The molecule has 2 aromatic rings. The van der Waals surface area contributed by atoms with Gasteiger partial charge in [0.25, 0.3) is 0 Å². The van der Waals surface area contributed by atoms with Gasteiger partial charge in [0.05, 0.1) is 13.7 Å². The number of nitrogens with zero attached hydrogens (tertiary/aromatic N) is 1. The van der Waals surface area contributed by atoms with Crippen LogP contribution in [0.2, 0.25) is 0 Å². The Kier molecular flexibility index (Phi) is 18.9. The molecular weight excluding hydrogens is 502 g/mol. The van der Waals surface area contributed by atoms with E-state index in [2.05, 4.69) is 64.1 Å². The largest absolute Gasteiger partial charge is 0.497 e. The average molecular weight is 562 g/mol. The van der Waals surface area contributed by atoms with Crippen LogP contribution in [0.1, 0.15) is 144 Å². The summed E-state index contributed by atoms with van der Waals surface area (Å²) in [4.78, 5) is 5.13. The van der Waals surface area contributed by atoms with Gasteiger partial charge in [0.15, 0.2) is 0 Å². The number of ether oxygens (including phenoxy) is 2. The number of pyridine rings is 1. The van der Waals surface area contributed by atoms with Crippen molar-refractivity contribution in [2.24, 2.45) is 0 Å². The fourth-order valence-corrected chi connectivity index (χ4v) is 5.35. The standard InChI is InChI=1S/C38H59NO2/c1-6-8-10-12-14-16-18-20-23-36-32(3)37(24-21-19-17-15-13-11-9-7-2)38(39-33(36)4)25-22-30-41-31-34-26-28-35(40-5)29-27-34/h20-21,23-24,26-29H,6-19,22,25,30-31H2,1-5H3/b23-20-,24-21-. The third kappa shape index (κ3) is 14.4. The fourth-order valence-electron chi connectivity index (χ4n) is 5.35. The Morgan fingerprint density at radius 2 is 1.24 bits per heavy atom. The van der Waals surface area contributed by atoms with Crippen LogP contribution in [0.5, 0.6) is 5.75 Å². The van der Waals surface area contributed by atoms with Gasteiger partial charge in [-0.3, -0.25) is 4.98 Å². The first kappa shape index (κ1) is 34.8. The predicted octanol–water partition coefficient (Wildman–Crippen LogP) is 11.4. The van der Waals surface area contributed by atoms with E-state index in [1.54, 1.807) is 7.11 Å². The van der Waals surface area contributed by atoms with Crippen molar-refractivity contribution in [3.05, 3.63) is 70.1 Å². The van der Waals surface area contributed by atoms with Crippen LogP contribution in [0.15, 0.2) is 36.4 Å². The van der Waals surface area contributed by atoms with Gasteiger partial charge in [-0.2, -0.15) is 0 Å². The average Bonchev–Trinajstić information content (AvgIpc) is 2.98. The van der Waals surface area contributed by atoms with Crippen molar-refractivity contribution in [1.82, 2.24) is 4.98 Å². The zero-order valence-electron chi connectivity index (χ0n) is 27.1. The number of unbranched alkanes of at least 4 members (excludes halogenated alkanes) is 12. The van der Waals surface area contributed by atoms with Crippen molar-refractivity contribution in [2.45, 2.75) is 137 Å². The molecule has 0 N–H and O–H groups in total. The van der Waals surface area contributed by atoms with Gasteiger partial charge in [-0.25, -0.2) is 0 Å². The lowest BCUT2D eigenvalue weighted by atomic mass is 9.96. The van der Waals surface area contributed by atoms with E-state index in [1.807, 2.05) is 12.1 Å². The maximum Gasteiger partial charge on any atom is 0.118 e. The quantitative estimate of drug-likeness (QED) is 0.126. The summed E-state index contributed by atoms with van der Waals surface area (Å²) >= 11 is 0.